The van der Waals surface area contributed by atoms with E-state index in [1.165, 1.54) is 11.1 Å². The summed E-state index contributed by atoms with van der Waals surface area (Å²) >= 11 is 0. The van der Waals surface area contributed by atoms with Crippen LogP contribution in [-0.2, 0) is 6.54 Å². The summed E-state index contributed by atoms with van der Waals surface area (Å²) in [5, 5.41) is 18.4. The second kappa shape index (κ2) is 8.22. The van der Waals surface area contributed by atoms with Crippen molar-refractivity contribution in [1.82, 2.24) is 25.1 Å². The molecular formula is C19H28N6O2. The molecule has 1 aliphatic carbocycles. The van der Waals surface area contributed by atoms with E-state index in [9.17, 15) is 9.90 Å². The maximum absolute atomic E-state index is 12.3. The van der Waals surface area contributed by atoms with Crippen LogP contribution in [0.15, 0.2) is 29.5 Å². The molecule has 3 heterocycles. The molecular weight excluding hydrogens is 344 g/mol. The molecule has 2 fully saturated rings. The van der Waals surface area contributed by atoms with E-state index in [2.05, 4.69) is 25.3 Å². The first kappa shape index (κ1) is 18.2. The van der Waals surface area contributed by atoms with Gasteiger partial charge in [0.15, 0.2) is 0 Å². The Morgan fingerprint density at radius 2 is 2.15 bits per heavy atom. The van der Waals surface area contributed by atoms with Crippen LogP contribution in [0.1, 0.15) is 50.3 Å². The van der Waals surface area contributed by atoms with Crippen LogP contribution in [0.4, 0.5) is 5.82 Å². The van der Waals surface area contributed by atoms with Crippen LogP contribution in [0.5, 0.6) is 0 Å². The standard InChI is InChI=1S/C19H28N6O2/c26-17-6-3-5-16(17)25-19(27)8-7-18(23-25)24-9-2-1-4-15(24)12-20-10-14-11-21-13-22-14/h7-8,11,13,15-17,20,26H,1-6,9-10,12H2,(H,21,22). The van der Waals surface area contributed by atoms with E-state index in [-0.39, 0.29) is 11.6 Å². The van der Waals surface area contributed by atoms with Gasteiger partial charge >= 0.3 is 0 Å². The van der Waals surface area contributed by atoms with Crippen molar-refractivity contribution in [2.24, 2.45) is 0 Å². The molecule has 0 amide bonds. The van der Waals surface area contributed by atoms with E-state index >= 15 is 0 Å². The highest BCUT2D eigenvalue weighted by Crippen LogP contribution is 2.29. The Hall–Kier alpha value is -2.19. The summed E-state index contributed by atoms with van der Waals surface area (Å²) in [5.41, 5.74) is 0.940. The van der Waals surface area contributed by atoms with Crippen molar-refractivity contribution in [3.63, 3.8) is 0 Å². The first-order valence-electron chi connectivity index (χ1n) is 9.95. The number of nitrogens with one attached hydrogen (secondary N) is 2. The molecule has 8 nitrogen and oxygen atoms in total. The lowest BCUT2D eigenvalue weighted by molar-refractivity contribution is 0.127. The van der Waals surface area contributed by atoms with E-state index in [0.717, 1.165) is 63.3 Å². The van der Waals surface area contributed by atoms with Gasteiger partial charge in [0.2, 0.25) is 0 Å². The number of H-pyrrole nitrogens is 1. The second-order valence-electron chi connectivity index (χ2n) is 7.59. The molecule has 0 radical (unpaired) electrons. The molecule has 2 aromatic rings. The highest BCUT2D eigenvalue weighted by atomic mass is 16.3. The molecule has 0 spiro atoms. The number of aromatic nitrogens is 4. The smallest absolute Gasteiger partial charge is 0.267 e. The SMILES string of the molecule is O=c1ccc(N2CCCCC2CNCc2cnc[nH]2)nn1C1CCCC1O. The van der Waals surface area contributed by atoms with Crippen molar-refractivity contribution in [3.05, 3.63) is 40.7 Å². The van der Waals surface area contributed by atoms with E-state index in [4.69, 9.17) is 0 Å². The lowest BCUT2D eigenvalue weighted by atomic mass is 10.0. The number of hydrogen-bond donors (Lipinski definition) is 3. The zero-order chi connectivity index (χ0) is 18.6. The van der Waals surface area contributed by atoms with Crippen LogP contribution >= 0.6 is 0 Å². The molecule has 4 rings (SSSR count). The van der Waals surface area contributed by atoms with Gasteiger partial charge in [-0.15, -0.1) is 0 Å². The van der Waals surface area contributed by atoms with Crippen molar-refractivity contribution in [3.8, 4) is 0 Å². The van der Waals surface area contributed by atoms with Crippen LogP contribution in [0.2, 0.25) is 0 Å². The monoisotopic (exact) mass is 372 g/mol. The summed E-state index contributed by atoms with van der Waals surface area (Å²) in [4.78, 5) is 21.8. The summed E-state index contributed by atoms with van der Waals surface area (Å²) in [5.74, 6) is 0.835. The van der Waals surface area contributed by atoms with E-state index in [0.29, 0.717) is 6.04 Å². The van der Waals surface area contributed by atoms with Gasteiger partial charge in [0.05, 0.1) is 18.5 Å². The lowest BCUT2D eigenvalue weighted by Crippen LogP contribution is -2.46. The van der Waals surface area contributed by atoms with Crippen LogP contribution in [-0.4, -0.2) is 50.1 Å². The molecule has 3 unspecified atom stereocenters. The zero-order valence-electron chi connectivity index (χ0n) is 15.5. The van der Waals surface area contributed by atoms with Gasteiger partial charge in [-0.1, -0.05) is 0 Å². The highest BCUT2D eigenvalue weighted by Gasteiger charge is 2.30. The van der Waals surface area contributed by atoms with Gasteiger partial charge in [-0.05, 0) is 44.6 Å². The number of aliphatic hydroxyl groups excluding tert-OH is 1. The lowest BCUT2D eigenvalue weighted by Gasteiger charge is -2.37. The third-order valence-electron chi connectivity index (χ3n) is 5.74. The van der Waals surface area contributed by atoms with Crippen molar-refractivity contribution in [2.45, 2.75) is 63.3 Å². The molecule has 0 aromatic carbocycles. The molecule has 3 N–H and O–H groups in total. The Balaban J connectivity index is 1.48. The molecule has 27 heavy (non-hydrogen) atoms. The Morgan fingerprint density at radius 1 is 1.22 bits per heavy atom. The number of aliphatic hydroxyl groups is 1. The maximum Gasteiger partial charge on any atom is 0.267 e. The fourth-order valence-corrected chi connectivity index (χ4v) is 4.28. The van der Waals surface area contributed by atoms with Crippen molar-refractivity contribution < 1.29 is 5.11 Å². The number of piperidine rings is 1. The normalized spacial score (nSPS) is 25.8. The molecule has 2 aliphatic rings. The summed E-state index contributed by atoms with van der Waals surface area (Å²) in [6.07, 6.45) is 8.97. The fraction of sp³-hybridized carbons (Fsp3) is 0.632. The van der Waals surface area contributed by atoms with Crippen molar-refractivity contribution >= 4 is 5.82 Å². The van der Waals surface area contributed by atoms with Crippen molar-refractivity contribution in [1.29, 1.82) is 0 Å². The quantitative estimate of drug-likeness (QED) is 0.705. The number of hydrogen-bond acceptors (Lipinski definition) is 6. The molecule has 146 valence electrons. The van der Waals surface area contributed by atoms with Crippen LogP contribution in [0.25, 0.3) is 0 Å². The number of rotatable bonds is 6. The topological polar surface area (TPSA) is 99.1 Å². The summed E-state index contributed by atoms with van der Waals surface area (Å²) in [6, 6.07) is 3.57. The number of aromatic amines is 1. The van der Waals surface area contributed by atoms with Gasteiger partial charge in [0, 0.05) is 43.6 Å². The predicted octanol–water partition coefficient (Wildman–Crippen LogP) is 1.20. The van der Waals surface area contributed by atoms with Gasteiger partial charge in [-0.25, -0.2) is 9.67 Å². The molecule has 0 bridgehead atoms. The van der Waals surface area contributed by atoms with Gasteiger partial charge in [-0.3, -0.25) is 4.79 Å². The van der Waals surface area contributed by atoms with E-state index in [1.54, 1.807) is 12.4 Å². The van der Waals surface area contributed by atoms with E-state index < -0.39 is 6.10 Å². The first-order chi connectivity index (χ1) is 13.2. The summed E-state index contributed by atoms with van der Waals surface area (Å²) < 4.78 is 1.51. The number of nitrogens with zero attached hydrogens (tertiary/aromatic N) is 4. The third kappa shape index (κ3) is 4.06. The average molecular weight is 372 g/mol. The minimum Gasteiger partial charge on any atom is -0.391 e. The minimum atomic E-state index is -0.473. The first-order valence-corrected chi connectivity index (χ1v) is 9.95. The van der Waals surface area contributed by atoms with Gasteiger partial charge < -0.3 is 20.3 Å². The van der Waals surface area contributed by atoms with Crippen molar-refractivity contribution in [2.75, 3.05) is 18.0 Å². The maximum atomic E-state index is 12.3. The highest BCUT2D eigenvalue weighted by molar-refractivity contribution is 5.39. The second-order valence-corrected chi connectivity index (χ2v) is 7.59. The third-order valence-corrected chi connectivity index (χ3v) is 5.74. The fourth-order valence-electron chi connectivity index (χ4n) is 4.28. The summed E-state index contributed by atoms with van der Waals surface area (Å²) in [6.45, 7) is 2.55. The molecule has 2 aromatic heterocycles. The Kier molecular flexibility index (Phi) is 5.54. The van der Waals surface area contributed by atoms with Gasteiger partial charge in [0.25, 0.3) is 5.56 Å². The summed E-state index contributed by atoms with van der Waals surface area (Å²) in [7, 11) is 0. The molecule has 1 saturated carbocycles. The van der Waals surface area contributed by atoms with Gasteiger partial charge in [-0.2, -0.15) is 5.10 Å². The molecule has 3 atom stereocenters. The molecule has 8 heteroatoms. The minimum absolute atomic E-state index is 0.129. The molecule has 1 aliphatic heterocycles. The van der Waals surface area contributed by atoms with E-state index in [1.807, 2.05) is 12.3 Å². The predicted molar refractivity (Wildman–Crippen MR) is 103 cm³/mol. The molecule has 1 saturated heterocycles. The Bertz CT molecular complexity index is 790. The Morgan fingerprint density at radius 3 is 2.93 bits per heavy atom. The van der Waals surface area contributed by atoms with Crippen LogP contribution < -0.4 is 15.8 Å². The zero-order valence-corrected chi connectivity index (χ0v) is 15.5. The number of anilines is 1. The Labute approximate surface area is 158 Å². The van der Waals surface area contributed by atoms with Gasteiger partial charge in [0.1, 0.15) is 5.82 Å². The largest absolute Gasteiger partial charge is 0.391 e. The van der Waals surface area contributed by atoms with Crippen LogP contribution in [0, 0.1) is 0 Å². The average Bonchev–Trinajstić information content (AvgIpc) is 3.35. The van der Waals surface area contributed by atoms with Crippen LogP contribution in [0.3, 0.4) is 0 Å². The number of imidazole rings is 1.